The maximum absolute atomic E-state index is 12.7. The first-order chi connectivity index (χ1) is 12.5. The van der Waals surface area contributed by atoms with Gasteiger partial charge in [-0.3, -0.25) is 9.59 Å². The number of hydrogen-bond donors (Lipinski definition) is 1. The molecule has 0 unspecified atom stereocenters. The lowest BCUT2D eigenvalue weighted by Crippen LogP contribution is -2.38. The molecule has 1 saturated heterocycles. The number of hydrogen-bond acceptors (Lipinski definition) is 4. The van der Waals surface area contributed by atoms with Crippen LogP contribution in [-0.2, 0) is 0 Å². The Morgan fingerprint density at radius 2 is 2.15 bits per heavy atom. The van der Waals surface area contributed by atoms with Crippen molar-refractivity contribution >= 4 is 34.8 Å². The Hall–Kier alpha value is -2.05. The van der Waals surface area contributed by atoms with Crippen molar-refractivity contribution in [2.24, 2.45) is 0 Å². The average molecular weight is 393 g/mol. The first kappa shape index (κ1) is 18.7. The summed E-state index contributed by atoms with van der Waals surface area (Å²) < 4.78 is 5.52. The largest absolute Gasteiger partial charge is 0.484 e. The van der Waals surface area contributed by atoms with Gasteiger partial charge in [0.15, 0.2) is 5.06 Å². The normalized spacial score (nSPS) is 16.6. The molecule has 1 N–H and O–H groups in total. The number of likely N-dealkylation sites (tertiary alicyclic amines) is 1. The van der Waals surface area contributed by atoms with Gasteiger partial charge >= 0.3 is 0 Å². The lowest BCUT2D eigenvalue weighted by atomic mass is 10.1. The van der Waals surface area contributed by atoms with E-state index >= 15 is 0 Å². The van der Waals surface area contributed by atoms with Crippen molar-refractivity contribution in [3.8, 4) is 5.06 Å². The molecule has 5 nitrogen and oxygen atoms in total. The molecule has 2 amide bonds. The molecule has 2 heterocycles. The number of rotatable bonds is 5. The molecule has 138 valence electrons. The molecule has 2 aromatic rings. The molecule has 0 aliphatic carbocycles. The third-order valence-corrected chi connectivity index (χ3v) is 5.44. The summed E-state index contributed by atoms with van der Waals surface area (Å²) in [6, 6.07) is 6.94. The molecule has 0 radical (unpaired) electrons. The van der Waals surface area contributed by atoms with Crippen molar-refractivity contribution in [3.05, 3.63) is 51.4 Å². The lowest BCUT2D eigenvalue weighted by Gasteiger charge is -2.18. The van der Waals surface area contributed by atoms with Gasteiger partial charge in [0.2, 0.25) is 0 Å². The van der Waals surface area contributed by atoms with Crippen molar-refractivity contribution in [2.45, 2.75) is 26.3 Å². The topological polar surface area (TPSA) is 58.6 Å². The molecule has 1 aliphatic heterocycles. The minimum Gasteiger partial charge on any atom is -0.484 e. The number of carbonyl (C=O) groups is 2. The van der Waals surface area contributed by atoms with Crippen LogP contribution >= 0.6 is 22.9 Å². The molecule has 7 heteroatoms. The van der Waals surface area contributed by atoms with Crippen LogP contribution in [0.2, 0.25) is 5.02 Å². The molecule has 0 saturated carbocycles. The van der Waals surface area contributed by atoms with Crippen LogP contribution in [0, 0.1) is 6.92 Å². The number of nitrogens with zero attached hydrogens (tertiary/aromatic N) is 1. The number of carbonyl (C=O) groups excluding carboxylic acids is 2. The van der Waals surface area contributed by atoms with Crippen LogP contribution < -0.4 is 10.1 Å². The van der Waals surface area contributed by atoms with Gasteiger partial charge in [-0.25, -0.2) is 0 Å². The Labute approximate surface area is 161 Å². The summed E-state index contributed by atoms with van der Waals surface area (Å²) in [5, 5.41) is 6.14. The maximum atomic E-state index is 12.7. The number of ether oxygens (including phenoxy) is 1. The van der Waals surface area contributed by atoms with Gasteiger partial charge in [0.25, 0.3) is 11.8 Å². The SMILES string of the molecule is CCOc1sccc1C(=O)N1CC[C@@H](NC(=O)c2ccc(Cl)cc2C)C1. The number of halogens is 1. The van der Waals surface area contributed by atoms with Gasteiger partial charge in [-0.15, -0.1) is 11.3 Å². The molecule has 0 bridgehead atoms. The number of benzene rings is 1. The quantitative estimate of drug-likeness (QED) is 0.842. The third kappa shape index (κ3) is 4.02. The van der Waals surface area contributed by atoms with E-state index in [2.05, 4.69) is 5.32 Å². The van der Waals surface area contributed by atoms with E-state index in [1.807, 2.05) is 19.2 Å². The van der Waals surface area contributed by atoms with E-state index in [1.165, 1.54) is 11.3 Å². The highest BCUT2D eigenvalue weighted by atomic mass is 35.5. The second-order valence-corrected chi connectivity index (χ2v) is 7.54. The Morgan fingerprint density at radius 1 is 1.35 bits per heavy atom. The minimum absolute atomic E-state index is 0.0471. The summed E-state index contributed by atoms with van der Waals surface area (Å²) in [6.07, 6.45) is 0.734. The van der Waals surface area contributed by atoms with Crippen LogP contribution in [0.4, 0.5) is 0 Å². The fraction of sp³-hybridized carbons (Fsp3) is 0.368. The summed E-state index contributed by atoms with van der Waals surface area (Å²) >= 11 is 7.37. The van der Waals surface area contributed by atoms with Gasteiger partial charge in [-0.05, 0) is 55.5 Å². The van der Waals surface area contributed by atoms with E-state index < -0.39 is 0 Å². The average Bonchev–Trinajstić information content (AvgIpc) is 3.24. The fourth-order valence-electron chi connectivity index (χ4n) is 3.07. The number of nitrogens with one attached hydrogen (secondary N) is 1. The van der Waals surface area contributed by atoms with E-state index in [0.29, 0.717) is 40.9 Å². The molecule has 1 aromatic heterocycles. The minimum atomic E-state index is -0.135. The molecule has 1 atom stereocenters. The van der Waals surface area contributed by atoms with E-state index in [1.54, 1.807) is 29.2 Å². The van der Waals surface area contributed by atoms with Crippen LogP contribution in [0.1, 0.15) is 39.6 Å². The predicted octanol–water partition coefficient (Wildman–Crippen LogP) is 3.75. The first-order valence-electron chi connectivity index (χ1n) is 8.56. The van der Waals surface area contributed by atoms with Crippen molar-refractivity contribution in [2.75, 3.05) is 19.7 Å². The fourth-order valence-corrected chi connectivity index (χ4v) is 4.10. The Balaban J connectivity index is 1.62. The van der Waals surface area contributed by atoms with E-state index in [9.17, 15) is 9.59 Å². The molecule has 1 aliphatic rings. The lowest BCUT2D eigenvalue weighted by molar-refractivity contribution is 0.0780. The van der Waals surface area contributed by atoms with E-state index in [4.69, 9.17) is 16.3 Å². The molecular formula is C19H21ClN2O3S. The van der Waals surface area contributed by atoms with Crippen LogP contribution in [0.25, 0.3) is 0 Å². The van der Waals surface area contributed by atoms with Crippen molar-refractivity contribution in [1.82, 2.24) is 10.2 Å². The van der Waals surface area contributed by atoms with Gasteiger partial charge in [-0.1, -0.05) is 11.6 Å². The Morgan fingerprint density at radius 3 is 2.88 bits per heavy atom. The summed E-state index contributed by atoms with van der Waals surface area (Å²) in [6.45, 7) is 5.40. The van der Waals surface area contributed by atoms with Crippen molar-refractivity contribution in [3.63, 3.8) is 0 Å². The van der Waals surface area contributed by atoms with Gasteiger partial charge in [0.1, 0.15) is 0 Å². The third-order valence-electron chi connectivity index (χ3n) is 4.38. The summed E-state index contributed by atoms with van der Waals surface area (Å²) in [5.74, 6) is -0.182. The van der Waals surface area contributed by atoms with Gasteiger partial charge in [0.05, 0.1) is 12.2 Å². The summed E-state index contributed by atoms with van der Waals surface area (Å²) in [4.78, 5) is 27.0. The highest BCUT2D eigenvalue weighted by Crippen LogP contribution is 2.28. The van der Waals surface area contributed by atoms with E-state index in [0.717, 1.165) is 12.0 Å². The van der Waals surface area contributed by atoms with Crippen molar-refractivity contribution < 1.29 is 14.3 Å². The van der Waals surface area contributed by atoms with Gasteiger partial charge in [0, 0.05) is 29.7 Å². The molecular weight excluding hydrogens is 372 g/mol. The van der Waals surface area contributed by atoms with Crippen LogP contribution in [0.15, 0.2) is 29.6 Å². The second-order valence-electron chi connectivity index (χ2n) is 6.22. The molecule has 0 spiro atoms. The molecule has 3 rings (SSSR count). The summed E-state index contributed by atoms with van der Waals surface area (Å²) in [7, 11) is 0. The van der Waals surface area contributed by atoms with E-state index in [-0.39, 0.29) is 17.9 Å². The van der Waals surface area contributed by atoms with Crippen LogP contribution in [0.5, 0.6) is 5.06 Å². The number of aryl methyl sites for hydroxylation is 1. The zero-order valence-corrected chi connectivity index (χ0v) is 16.3. The Bertz CT molecular complexity index is 821. The maximum Gasteiger partial charge on any atom is 0.258 e. The molecule has 26 heavy (non-hydrogen) atoms. The van der Waals surface area contributed by atoms with Gasteiger partial charge < -0.3 is 15.0 Å². The number of amides is 2. The summed E-state index contributed by atoms with van der Waals surface area (Å²) in [5.41, 5.74) is 2.04. The zero-order chi connectivity index (χ0) is 18.7. The standard InChI is InChI=1S/C19H21ClN2O3S/c1-3-25-19-16(7-9-26-19)18(24)22-8-6-14(11-22)21-17(23)15-5-4-13(20)10-12(15)2/h4-5,7,9-10,14H,3,6,8,11H2,1-2H3,(H,21,23)/t14-/m1/s1. The van der Waals surface area contributed by atoms with Crippen LogP contribution in [0.3, 0.4) is 0 Å². The first-order valence-corrected chi connectivity index (χ1v) is 9.82. The zero-order valence-electron chi connectivity index (χ0n) is 14.8. The Kier molecular flexibility index (Phi) is 5.84. The highest BCUT2D eigenvalue weighted by Gasteiger charge is 2.30. The second kappa shape index (κ2) is 8.10. The highest BCUT2D eigenvalue weighted by molar-refractivity contribution is 7.12. The van der Waals surface area contributed by atoms with Crippen molar-refractivity contribution in [1.29, 1.82) is 0 Å². The van der Waals surface area contributed by atoms with Gasteiger partial charge in [-0.2, -0.15) is 0 Å². The molecule has 1 aromatic carbocycles. The predicted molar refractivity (Wildman–Crippen MR) is 103 cm³/mol. The smallest absolute Gasteiger partial charge is 0.258 e. The molecule has 1 fully saturated rings. The number of thiophene rings is 1. The van der Waals surface area contributed by atoms with Crippen LogP contribution in [-0.4, -0.2) is 42.5 Å². The monoisotopic (exact) mass is 392 g/mol.